The molecule has 0 unspecified atom stereocenters. The van der Waals surface area contributed by atoms with Gasteiger partial charge in [-0.3, -0.25) is 5.32 Å². The Morgan fingerprint density at radius 1 is 1.24 bits per heavy atom. The number of carbonyl (C=O) groups is 1. The van der Waals surface area contributed by atoms with E-state index in [1.54, 1.807) is 25.4 Å². The first kappa shape index (κ1) is 15.6. The quantitative estimate of drug-likeness (QED) is 0.855. The summed E-state index contributed by atoms with van der Waals surface area (Å²) in [6.45, 7) is 1.92. The van der Waals surface area contributed by atoms with Gasteiger partial charge in [-0.15, -0.1) is 11.3 Å². The highest BCUT2D eigenvalue weighted by Crippen LogP contribution is 2.36. The van der Waals surface area contributed by atoms with Crippen LogP contribution in [0.15, 0.2) is 22.8 Å². The number of hydrogen-bond donors (Lipinski definition) is 2. The van der Waals surface area contributed by atoms with Gasteiger partial charge in [0.2, 0.25) is 0 Å². The summed E-state index contributed by atoms with van der Waals surface area (Å²) >= 11 is 4.77. The van der Waals surface area contributed by atoms with E-state index in [0.717, 1.165) is 4.88 Å². The van der Waals surface area contributed by atoms with Gasteiger partial charge in [0.05, 0.1) is 24.4 Å². The molecule has 8 heteroatoms. The van der Waals surface area contributed by atoms with Crippen molar-refractivity contribution in [3.63, 3.8) is 0 Å². The van der Waals surface area contributed by atoms with Crippen LogP contribution >= 0.6 is 27.3 Å². The van der Waals surface area contributed by atoms with Crippen LogP contribution in [0.25, 0.3) is 0 Å². The molecular formula is C13H14BrN3O3S. The van der Waals surface area contributed by atoms with E-state index in [1.165, 1.54) is 18.4 Å². The molecule has 0 spiro atoms. The smallest absolute Gasteiger partial charge is 0.325 e. The van der Waals surface area contributed by atoms with Crippen molar-refractivity contribution in [3.05, 3.63) is 27.7 Å². The van der Waals surface area contributed by atoms with E-state index in [9.17, 15) is 4.79 Å². The summed E-state index contributed by atoms with van der Waals surface area (Å²) in [4.78, 5) is 17.1. The van der Waals surface area contributed by atoms with Gasteiger partial charge in [0.15, 0.2) is 5.13 Å². The number of nitrogens with one attached hydrogen (secondary N) is 2. The second-order valence-corrected chi connectivity index (χ2v) is 6.13. The lowest BCUT2D eigenvalue weighted by atomic mass is 10.2. The zero-order valence-corrected chi connectivity index (χ0v) is 14.1. The van der Waals surface area contributed by atoms with Crippen LogP contribution in [0.3, 0.4) is 0 Å². The van der Waals surface area contributed by atoms with E-state index in [1.807, 2.05) is 6.92 Å². The molecule has 0 aliphatic rings. The fraction of sp³-hybridized carbons (Fsp3) is 0.231. The van der Waals surface area contributed by atoms with Gasteiger partial charge in [-0.1, -0.05) is 0 Å². The predicted octanol–water partition coefficient (Wildman–Crippen LogP) is 3.88. The molecule has 0 aliphatic carbocycles. The number of aryl methyl sites for hydroxylation is 1. The van der Waals surface area contributed by atoms with Gasteiger partial charge in [-0.2, -0.15) is 0 Å². The van der Waals surface area contributed by atoms with Gasteiger partial charge < -0.3 is 14.8 Å². The van der Waals surface area contributed by atoms with Crippen LogP contribution in [0.4, 0.5) is 15.6 Å². The van der Waals surface area contributed by atoms with Crippen LogP contribution in [0.2, 0.25) is 0 Å². The molecule has 0 aliphatic heterocycles. The number of thiazole rings is 1. The first-order valence-corrected chi connectivity index (χ1v) is 7.56. The molecule has 0 atom stereocenters. The van der Waals surface area contributed by atoms with Gasteiger partial charge in [0.25, 0.3) is 0 Å². The van der Waals surface area contributed by atoms with E-state index >= 15 is 0 Å². The van der Waals surface area contributed by atoms with Crippen LogP contribution < -0.4 is 20.1 Å². The Morgan fingerprint density at radius 2 is 1.95 bits per heavy atom. The largest absolute Gasteiger partial charge is 0.495 e. The lowest BCUT2D eigenvalue weighted by Gasteiger charge is -2.13. The number of methoxy groups -OCH3 is 2. The predicted molar refractivity (Wildman–Crippen MR) is 86.7 cm³/mol. The average molecular weight is 372 g/mol. The van der Waals surface area contributed by atoms with Crippen molar-refractivity contribution < 1.29 is 14.3 Å². The zero-order chi connectivity index (χ0) is 15.4. The Bertz CT molecular complexity index is 660. The highest BCUT2D eigenvalue weighted by Gasteiger charge is 2.13. The topological polar surface area (TPSA) is 72.5 Å². The molecule has 6 nitrogen and oxygen atoms in total. The van der Waals surface area contributed by atoms with Gasteiger partial charge in [-0.25, -0.2) is 9.78 Å². The maximum Gasteiger partial charge on any atom is 0.325 e. The summed E-state index contributed by atoms with van der Waals surface area (Å²) in [5.41, 5.74) is 0.524. The van der Waals surface area contributed by atoms with Crippen LogP contribution in [0, 0.1) is 6.92 Å². The lowest BCUT2D eigenvalue weighted by Crippen LogP contribution is -2.19. The summed E-state index contributed by atoms with van der Waals surface area (Å²) in [7, 11) is 3.08. The average Bonchev–Trinajstić information content (AvgIpc) is 2.84. The fourth-order valence-electron chi connectivity index (χ4n) is 1.62. The maximum atomic E-state index is 12.0. The van der Waals surface area contributed by atoms with E-state index in [-0.39, 0.29) is 6.03 Å². The molecule has 2 aromatic rings. The van der Waals surface area contributed by atoms with Gasteiger partial charge >= 0.3 is 6.03 Å². The third kappa shape index (κ3) is 3.85. The number of amides is 2. The summed E-state index contributed by atoms with van der Waals surface area (Å²) < 4.78 is 11.1. The molecule has 112 valence electrons. The lowest BCUT2D eigenvalue weighted by molar-refractivity contribution is 0.262. The minimum absolute atomic E-state index is 0.389. The Balaban J connectivity index is 2.14. The van der Waals surface area contributed by atoms with Crippen LogP contribution in [0.5, 0.6) is 11.5 Å². The minimum Gasteiger partial charge on any atom is -0.495 e. The van der Waals surface area contributed by atoms with Crippen molar-refractivity contribution >= 4 is 44.1 Å². The molecule has 0 saturated heterocycles. The molecule has 1 aromatic heterocycles. The van der Waals surface area contributed by atoms with Crippen molar-refractivity contribution in [2.45, 2.75) is 6.92 Å². The molecule has 0 bridgehead atoms. The minimum atomic E-state index is -0.389. The number of benzene rings is 1. The zero-order valence-electron chi connectivity index (χ0n) is 11.7. The van der Waals surface area contributed by atoms with Crippen LogP contribution in [0.1, 0.15) is 4.88 Å². The Hall–Kier alpha value is -1.80. The monoisotopic (exact) mass is 371 g/mol. The summed E-state index contributed by atoms with van der Waals surface area (Å²) in [5, 5.41) is 5.92. The molecule has 21 heavy (non-hydrogen) atoms. The summed E-state index contributed by atoms with van der Waals surface area (Å²) in [6, 6.07) is 3.01. The molecule has 0 radical (unpaired) electrons. The molecule has 0 saturated carbocycles. The molecule has 1 heterocycles. The van der Waals surface area contributed by atoms with Crippen molar-refractivity contribution in [2.75, 3.05) is 24.9 Å². The number of halogens is 1. The number of anilines is 2. The first-order chi connectivity index (χ1) is 10.0. The van der Waals surface area contributed by atoms with E-state index in [0.29, 0.717) is 26.8 Å². The normalized spacial score (nSPS) is 10.1. The Labute approximate surface area is 134 Å². The van der Waals surface area contributed by atoms with Crippen molar-refractivity contribution in [1.82, 2.24) is 4.98 Å². The number of rotatable bonds is 4. The molecule has 2 N–H and O–H groups in total. The van der Waals surface area contributed by atoms with Gasteiger partial charge in [-0.05, 0) is 28.9 Å². The highest BCUT2D eigenvalue weighted by molar-refractivity contribution is 9.10. The summed E-state index contributed by atoms with van der Waals surface area (Å²) in [6.07, 6.45) is 1.70. The first-order valence-electron chi connectivity index (χ1n) is 5.95. The van der Waals surface area contributed by atoms with E-state index in [2.05, 4.69) is 31.5 Å². The molecule has 1 aromatic carbocycles. The van der Waals surface area contributed by atoms with Crippen molar-refractivity contribution in [3.8, 4) is 11.5 Å². The number of aromatic nitrogens is 1. The highest BCUT2D eigenvalue weighted by atomic mass is 79.9. The summed E-state index contributed by atoms with van der Waals surface area (Å²) in [5.74, 6) is 1.12. The van der Waals surface area contributed by atoms with Crippen molar-refractivity contribution in [2.24, 2.45) is 0 Å². The van der Waals surface area contributed by atoms with Crippen molar-refractivity contribution in [1.29, 1.82) is 0 Å². The Kier molecular flexibility index (Phi) is 5.03. The molecule has 0 fully saturated rings. The van der Waals surface area contributed by atoms with Crippen LogP contribution in [-0.4, -0.2) is 25.2 Å². The second kappa shape index (κ2) is 6.77. The SMILES string of the molecule is COc1cc(OC)c(NC(=O)Nc2ncc(C)s2)cc1Br. The van der Waals surface area contributed by atoms with Gasteiger partial charge in [0, 0.05) is 17.1 Å². The number of ether oxygens (including phenoxy) is 2. The third-order valence-electron chi connectivity index (χ3n) is 2.56. The van der Waals surface area contributed by atoms with E-state index < -0.39 is 0 Å². The molecule has 2 rings (SSSR count). The number of urea groups is 1. The second-order valence-electron chi connectivity index (χ2n) is 4.04. The number of carbonyl (C=O) groups excluding carboxylic acids is 1. The molecular weight excluding hydrogens is 358 g/mol. The Morgan fingerprint density at radius 3 is 2.52 bits per heavy atom. The van der Waals surface area contributed by atoms with Crippen LogP contribution in [-0.2, 0) is 0 Å². The number of nitrogens with zero attached hydrogens (tertiary/aromatic N) is 1. The third-order valence-corrected chi connectivity index (χ3v) is 4.01. The maximum absolute atomic E-state index is 12.0. The van der Waals surface area contributed by atoms with Gasteiger partial charge in [0.1, 0.15) is 11.5 Å². The number of hydrogen-bond acceptors (Lipinski definition) is 5. The fourth-order valence-corrected chi connectivity index (χ4v) is 2.79. The standard InChI is InChI=1S/C13H14BrN3O3S/c1-7-6-15-13(21-7)17-12(18)16-9-4-8(14)10(19-2)5-11(9)20-3/h4-6H,1-3H3,(H2,15,16,17,18). The van der Waals surface area contributed by atoms with E-state index in [4.69, 9.17) is 9.47 Å². The molecule has 2 amide bonds.